The zero-order valence-corrected chi connectivity index (χ0v) is 19.1. The fourth-order valence-corrected chi connectivity index (χ4v) is 4.15. The van der Waals surface area contributed by atoms with Gasteiger partial charge in [0.25, 0.3) is 11.7 Å². The first-order chi connectivity index (χ1) is 15.8. The summed E-state index contributed by atoms with van der Waals surface area (Å²) in [5, 5.41) is 11.3. The summed E-state index contributed by atoms with van der Waals surface area (Å²) < 4.78 is 5.74. The number of ketones is 1. The van der Waals surface area contributed by atoms with Crippen molar-refractivity contribution in [1.29, 1.82) is 0 Å². The molecule has 1 fully saturated rings. The number of carbonyl (C=O) groups excluding carboxylic acids is 2. The predicted molar refractivity (Wildman–Crippen MR) is 127 cm³/mol. The molecule has 1 aromatic heterocycles. The van der Waals surface area contributed by atoms with E-state index in [2.05, 4.69) is 4.98 Å². The second-order valence-electron chi connectivity index (χ2n) is 8.46. The summed E-state index contributed by atoms with van der Waals surface area (Å²) in [7, 11) is 0. The molecule has 0 bridgehead atoms. The topological polar surface area (TPSA) is 79.7 Å². The van der Waals surface area contributed by atoms with Crippen LogP contribution in [0.25, 0.3) is 5.76 Å². The molecule has 4 rings (SSSR count). The van der Waals surface area contributed by atoms with Gasteiger partial charge in [-0.15, -0.1) is 0 Å². The van der Waals surface area contributed by atoms with E-state index in [-0.39, 0.29) is 17.4 Å². The van der Waals surface area contributed by atoms with E-state index in [0.29, 0.717) is 22.7 Å². The Morgan fingerprint density at radius 3 is 2.36 bits per heavy atom. The summed E-state index contributed by atoms with van der Waals surface area (Å²) in [6, 6.07) is 17.0. The maximum atomic E-state index is 13.3. The molecule has 3 aromatic rings. The largest absolute Gasteiger partial charge is 0.507 e. The van der Waals surface area contributed by atoms with Crippen molar-refractivity contribution in [3.05, 3.63) is 94.8 Å². The van der Waals surface area contributed by atoms with Gasteiger partial charge in [-0.05, 0) is 75.2 Å². The zero-order chi connectivity index (χ0) is 23.7. The van der Waals surface area contributed by atoms with E-state index in [1.807, 2.05) is 45.9 Å². The Balaban J connectivity index is 1.91. The lowest BCUT2D eigenvalue weighted by molar-refractivity contribution is -0.132. The third kappa shape index (κ3) is 4.37. The molecule has 1 aliphatic rings. The van der Waals surface area contributed by atoms with Crippen LogP contribution in [0.2, 0.25) is 0 Å². The molecule has 0 saturated carbocycles. The molecular weight excluding hydrogens is 416 g/mol. The summed E-state index contributed by atoms with van der Waals surface area (Å²) in [5.74, 6) is -1.15. The maximum Gasteiger partial charge on any atom is 0.300 e. The van der Waals surface area contributed by atoms with Crippen LogP contribution in [0.3, 0.4) is 0 Å². The first-order valence-corrected chi connectivity index (χ1v) is 10.8. The fourth-order valence-electron chi connectivity index (χ4n) is 4.15. The Morgan fingerprint density at radius 1 is 1.00 bits per heavy atom. The lowest BCUT2D eigenvalue weighted by Gasteiger charge is -2.25. The van der Waals surface area contributed by atoms with Crippen LogP contribution in [0.15, 0.2) is 72.4 Å². The number of aryl methyl sites for hydroxylation is 2. The molecule has 6 nitrogen and oxygen atoms in total. The number of hydrogen-bond donors (Lipinski definition) is 1. The smallest absolute Gasteiger partial charge is 0.300 e. The number of benzene rings is 2. The van der Waals surface area contributed by atoms with Crippen LogP contribution in [-0.2, 0) is 9.59 Å². The first kappa shape index (κ1) is 22.3. The van der Waals surface area contributed by atoms with E-state index < -0.39 is 17.7 Å². The number of amides is 1. The minimum absolute atomic E-state index is 0.000411. The third-order valence-electron chi connectivity index (χ3n) is 5.38. The lowest BCUT2D eigenvalue weighted by Crippen LogP contribution is -2.30. The van der Waals surface area contributed by atoms with E-state index in [4.69, 9.17) is 4.74 Å². The SMILES string of the molecule is Cc1cc(C)cc(N2C(=O)C(=O)/C(=C(/O)c3cccc(OC(C)C)c3)C2c2ccccn2)c1. The average Bonchev–Trinajstić information content (AvgIpc) is 3.03. The number of aromatic nitrogens is 1. The van der Waals surface area contributed by atoms with Crippen molar-refractivity contribution in [2.45, 2.75) is 39.8 Å². The number of aliphatic hydroxyl groups excluding tert-OH is 1. The van der Waals surface area contributed by atoms with Gasteiger partial charge in [0, 0.05) is 17.4 Å². The number of nitrogens with zero attached hydrogens (tertiary/aromatic N) is 2. The van der Waals surface area contributed by atoms with Gasteiger partial charge in [-0.1, -0.05) is 24.3 Å². The van der Waals surface area contributed by atoms with Gasteiger partial charge in [-0.2, -0.15) is 0 Å². The second-order valence-corrected chi connectivity index (χ2v) is 8.46. The number of Topliss-reactive ketones (excluding diaryl/α,β-unsaturated/α-hetero) is 1. The summed E-state index contributed by atoms with van der Waals surface area (Å²) in [5.41, 5.74) is 3.40. The standard InChI is InChI=1S/C27H26N2O4/c1-16(2)33-21-9-7-8-19(15-21)25(30)23-24(22-10-5-6-11-28-22)29(27(32)26(23)31)20-13-17(3)12-18(4)14-20/h5-16,24,30H,1-4H3/b25-23+. The molecule has 1 N–H and O–H groups in total. The Kier molecular flexibility index (Phi) is 6.01. The molecule has 2 aromatic carbocycles. The molecule has 1 aliphatic heterocycles. The van der Waals surface area contributed by atoms with Crippen molar-refractivity contribution in [2.75, 3.05) is 4.90 Å². The minimum atomic E-state index is -0.859. The molecule has 0 spiro atoms. The van der Waals surface area contributed by atoms with E-state index in [9.17, 15) is 14.7 Å². The maximum absolute atomic E-state index is 13.3. The van der Waals surface area contributed by atoms with Crippen LogP contribution in [0.1, 0.15) is 42.3 Å². The number of anilines is 1. The highest BCUT2D eigenvalue weighted by molar-refractivity contribution is 6.51. The molecule has 1 saturated heterocycles. The van der Waals surface area contributed by atoms with Gasteiger partial charge in [0.05, 0.1) is 17.4 Å². The van der Waals surface area contributed by atoms with Crippen molar-refractivity contribution in [3.63, 3.8) is 0 Å². The Bertz CT molecular complexity index is 1230. The van der Waals surface area contributed by atoms with Crippen LogP contribution >= 0.6 is 0 Å². The molecule has 0 aliphatic carbocycles. The molecule has 1 atom stereocenters. The Labute approximate surface area is 193 Å². The van der Waals surface area contributed by atoms with Gasteiger partial charge in [-0.3, -0.25) is 19.5 Å². The number of aliphatic hydroxyl groups is 1. The van der Waals surface area contributed by atoms with Crippen LogP contribution in [-0.4, -0.2) is 27.9 Å². The minimum Gasteiger partial charge on any atom is -0.507 e. The van der Waals surface area contributed by atoms with E-state index in [1.54, 1.807) is 48.7 Å². The zero-order valence-electron chi connectivity index (χ0n) is 19.1. The quantitative estimate of drug-likeness (QED) is 0.337. The van der Waals surface area contributed by atoms with Gasteiger partial charge in [-0.25, -0.2) is 0 Å². The molecule has 6 heteroatoms. The fraction of sp³-hybridized carbons (Fsp3) is 0.222. The summed E-state index contributed by atoms with van der Waals surface area (Å²) in [4.78, 5) is 32.3. The highest BCUT2D eigenvalue weighted by Gasteiger charge is 2.47. The summed E-state index contributed by atoms with van der Waals surface area (Å²) in [6.45, 7) is 7.68. The van der Waals surface area contributed by atoms with Crippen LogP contribution in [0.4, 0.5) is 5.69 Å². The van der Waals surface area contributed by atoms with Gasteiger partial charge in [0.2, 0.25) is 0 Å². The molecule has 1 amide bonds. The molecule has 1 unspecified atom stereocenters. The van der Waals surface area contributed by atoms with Crippen molar-refractivity contribution >= 4 is 23.1 Å². The summed E-state index contributed by atoms with van der Waals surface area (Å²) >= 11 is 0. The van der Waals surface area contributed by atoms with Crippen molar-refractivity contribution < 1.29 is 19.4 Å². The third-order valence-corrected chi connectivity index (χ3v) is 5.38. The second kappa shape index (κ2) is 8.90. The summed E-state index contributed by atoms with van der Waals surface area (Å²) in [6.07, 6.45) is 1.56. The number of pyridine rings is 1. The lowest BCUT2D eigenvalue weighted by atomic mass is 9.98. The van der Waals surface area contributed by atoms with Crippen LogP contribution < -0.4 is 9.64 Å². The number of rotatable bonds is 5. The van der Waals surface area contributed by atoms with Gasteiger partial charge in [0.15, 0.2) is 0 Å². The number of carbonyl (C=O) groups is 2. The molecule has 2 heterocycles. The monoisotopic (exact) mass is 442 g/mol. The molecule has 168 valence electrons. The molecule has 33 heavy (non-hydrogen) atoms. The molecular formula is C27H26N2O4. The number of hydrogen-bond acceptors (Lipinski definition) is 5. The van der Waals surface area contributed by atoms with Gasteiger partial charge >= 0.3 is 0 Å². The van der Waals surface area contributed by atoms with E-state index in [1.165, 1.54) is 4.90 Å². The van der Waals surface area contributed by atoms with E-state index in [0.717, 1.165) is 11.1 Å². The van der Waals surface area contributed by atoms with Crippen molar-refractivity contribution in [2.24, 2.45) is 0 Å². The first-order valence-electron chi connectivity index (χ1n) is 10.8. The Morgan fingerprint density at radius 2 is 1.73 bits per heavy atom. The normalized spacial score (nSPS) is 17.6. The van der Waals surface area contributed by atoms with Crippen molar-refractivity contribution in [1.82, 2.24) is 4.98 Å². The van der Waals surface area contributed by atoms with Crippen LogP contribution in [0, 0.1) is 13.8 Å². The molecule has 0 radical (unpaired) electrons. The predicted octanol–water partition coefficient (Wildman–Crippen LogP) is 5.11. The number of ether oxygens (including phenoxy) is 1. The van der Waals surface area contributed by atoms with Gasteiger partial charge < -0.3 is 9.84 Å². The highest BCUT2D eigenvalue weighted by atomic mass is 16.5. The van der Waals surface area contributed by atoms with E-state index >= 15 is 0 Å². The van der Waals surface area contributed by atoms with Gasteiger partial charge in [0.1, 0.15) is 17.6 Å². The highest BCUT2D eigenvalue weighted by Crippen LogP contribution is 2.42. The average molecular weight is 443 g/mol. The van der Waals surface area contributed by atoms with Crippen molar-refractivity contribution in [3.8, 4) is 5.75 Å². The van der Waals surface area contributed by atoms with Crippen LogP contribution in [0.5, 0.6) is 5.75 Å². The Hall–Kier alpha value is -3.93.